The van der Waals surface area contributed by atoms with Crippen LogP contribution in [-0.4, -0.2) is 39.5 Å². The van der Waals surface area contributed by atoms with Crippen LogP contribution in [0.4, 0.5) is 0 Å². The van der Waals surface area contributed by atoms with Crippen molar-refractivity contribution in [2.24, 2.45) is 17.8 Å². The van der Waals surface area contributed by atoms with Crippen LogP contribution in [-0.2, 0) is 4.79 Å². The Morgan fingerprint density at radius 3 is 2.09 bits per heavy atom. The molecule has 3 rings (SSSR count). The molecule has 0 N–H and O–H groups in total. The first-order valence-electron chi connectivity index (χ1n) is 9.28. The van der Waals surface area contributed by atoms with Gasteiger partial charge in [0, 0.05) is 30.5 Å². The zero-order valence-corrected chi connectivity index (χ0v) is 15.8. The van der Waals surface area contributed by atoms with Gasteiger partial charge in [-0.05, 0) is 50.4 Å². The summed E-state index contributed by atoms with van der Waals surface area (Å²) in [7, 11) is 0. The number of carbonyl (C=O) groups is 1. The lowest BCUT2D eigenvalue weighted by Crippen LogP contribution is -2.50. The molecule has 3 aliphatic rings. The Hall–Kier alpha value is 0.170. The minimum atomic E-state index is 0.320. The molecule has 1 saturated heterocycles. The van der Waals surface area contributed by atoms with Gasteiger partial charge < -0.3 is 4.90 Å². The molecule has 2 atom stereocenters. The van der Waals surface area contributed by atoms with Crippen molar-refractivity contribution in [2.45, 2.75) is 62.9 Å². The predicted octanol–water partition coefficient (Wildman–Crippen LogP) is 4.64. The molecule has 22 heavy (non-hydrogen) atoms. The number of thioether (sulfide) groups is 2. The highest BCUT2D eigenvalue weighted by Crippen LogP contribution is 2.64. The number of rotatable bonds is 5. The Morgan fingerprint density at radius 2 is 1.59 bits per heavy atom. The van der Waals surface area contributed by atoms with E-state index in [-0.39, 0.29) is 0 Å². The van der Waals surface area contributed by atoms with E-state index in [1.165, 1.54) is 43.6 Å². The average molecular weight is 342 g/mol. The summed E-state index contributed by atoms with van der Waals surface area (Å²) in [5.74, 6) is 5.03. The van der Waals surface area contributed by atoms with Crippen molar-refractivity contribution in [3.8, 4) is 0 Å². The van der Waals surface area contributed by atoms with Crippen molar-refractivity contribution in [3.05, 3.63) is 0 Å². The van der Waals surface area contributed by atoms with Gasteiger partial charge in [-0.2, -0.15) is 0 Å². The molecular formula is C18H31NOS2. The van der Waals surface area contributed by atoms with E-state index in [1.54, 1.807) is 0 Å². The number of hydrogen-bond donors (Lipinski definition) is 0. The van der Waals surface area contributed by atoms with Gasteiger partial charge in [0.15, 0.2) is 0 Å². The lowest BCUT2D eigenvalue weighted by molar-refractivity contribution is -0.138. The third-order valence-electron chi connectivity index (χ3n) is 5.77. The number of amides is 1. The largest absolute Gasteiger partial charge is 0.342 e. The smallest absolute Gasteiger partial charge is 0.225 e. The molecule has 2 aliphatic carbocycles. The van der Waals surface area contributed by atoms with E-state index in [2.05, 4.69) is 42.3 Å². The third-order valence-corrected chi connectivity index (χ3v) is 9.79. The Morgan fingerprint density at radius 1 is 1.05 bits per heavy atom. The minimum absolute atomic E-state index is 0.320. The van der Waals surface area contributed by atoms with E-state index < -0.39 is 0 Å². The first kappa shape index (κ1) is 17.0. The standard InChI is InChI=1S/C18H31NOS2/c1-3-8-19(9-4-2)17(20)14-12-15-6-5-7-16(13-14)18(15)21-10-11-22-18/h14-16H,3-13H2,1-2H3. The Bertz CT molecular complexity index is 373. The van der Waals surface area contributed by atoms with Gasteiger partial charge in [-0.3, -0.25) is 4.79 Å². The molecule has 2 bridgehead atoms. The summed E-state index contributed by atoms with van der Waals surface area (Å²) in [6.07, 6.45) is 8.62. The van der Waals surface area contributed by atoms with E-state index in [1.807, 2.05) is 0 Å². The molecule has 0 aromatic carbocycles. The van der Waals surface area contributed by atoms with E-state index >= 15 is 0 Å². The first-order valence-corrected chi connectivity index (χ1v) is 11.2. The maximum absolute atomic E-state index is 13.0. The van der Waals surface area contributed by atoms with Gasteiger partial charge in [0.1, 0.15) is 0 Å². The van der Waals surface area contributed by atoms with Gasteiger partial charge in [-0.15, -0.1) is 23.5 Å². The number of hydrogen-bond acceptors (Lipinski definition) is 3. The monoisotopic (exact) mass is 341 g/mol. The highest BCUT2D eigenvalue weighted by Gasteiger charge is 2.55. The van der Waals surface area contributed by atoms with Crippen LogP contribution < -0.4 is 0 Å². The van der Waals surface area contributed by atoms with Gasteiger partial charge >= 0.3 is 0 Å². The summed E-state index contributed by atoms with van der Waals surface area (Å²) in [4.78, 5) is 15.2. The second-order valence-electron chi connectivity index (χ2n) is 7.24. The minimum Gasteiger partial charge on any atom is -0.342 e. The van der Waals surface area contributed by atoms with Gasteiger partial charge in [-0.1, -0.05) is 20.3 Å². The molecule has 3 fully saturated rings. The predicted molar refractivity (Wildman–Crippen MR) is 98.4 cm³/mol. The van der Waals surface area contributed by atoms with Gasteiger partial charge in [0.05, 0.1) is 4.08 Å². The molecule has 4 heteroatoms. The Kier molecular flexibility index (Phi) is 5.70. The maximum atomic E-state index is 13.0. The van der Waals surface area contributed by atoms with Crippen molar-refractivity contribution < 1.29 is 4.79 Å². The highest BCUT2D eigenvalue weighted by molar-refractivity contribution is 8.21. The summed E-state index contributed by atoms with van der Waals surface area (Å²) in [6, 6.07) is 0. The maximum Gasteiger partial charge on any atom is 0.225 e. The van der Waals surface area contributed by atoms with Crippen LogP contribution in [0.3, 0.4) is 0 Å². The molecule has 0 aromatic rings. The molecule has 0 radical (unpaired) electrons. The van der Waals surface area contributed by atoms with Crippen LogP contribution in [0.25, 0.3) is 0 Å². The van der Waals surface area contributed by atoms with Crippen LogP contribution in [0.15, 0.2) is 0 Å². The third kappa shape index (κ3) is 3.07. The molecule has 1 heterocycles. The summed E-state index contributed by atoms with van der Waals surface area (Å²) in [5, 5.41) is 0. The van der Waals surface area contributed by atoms with Crippen LogP contribution in [0, 0.1) is 17.8 Å². The van der Waals surface area contributed by atoms with Crippen LogP contribution in [0.5, 0.6) is 0 Å². The fraction of sp³-hybridized carbons (Fsp3) is 0.944. The fourth-order valence-electron chi connectivity index (χ4n) is 4.94. The van der Waals surface area contributed by atoms with Crippen molar-refractivity contribution >= 4 is 29.4 Å². The highest BCUT2D eigenvalue weighted by atomic mass is 32.2. The summed E-state index contributed by atoms with van der Waals surface area (Å²) >= 11 is 4.48. The number of nitrogens with zero attached hydrogens (tertiary/aromatic N) is 1. The first-order chi connectivity index (χ1) is 10.7. The molecule has 1 aliphatic heterocycles. The SMILES string of the molecule is CCCN(CCC)C(=O)C1CC2CCCC(C1)C21SCCS1. The average Bonchev–Trinajstić information content (AvgIpc) is 2.96. The van der Waals surface area contributed by atoms with E-state index in [9.17, 15) is 4.79 Å². The van der Waals surface area contributed by atoms with E-state index in [4.69, 9.17) is 0 Å². The quantitative estimate of drug-likeness (QED) is 0.727. The second kappa shape index (κ2) is 7.38. The topological polar surface area (TPSA) is 20.3 Å². The molecule has 0 aromatic heterocycles. The molecule has 2 nitrogen and oxygen atoms in total. The summed E-state index contributed by atoms with van der Waals surface area (Å²) in [6.45, 7) is 6.28. The molecular weight excluding hydrogens is 310 g/mol. The Balaban J connectivity index is 1.71. The zero-order chi connectivity index (χ0) is 15.6. The van der Waals surface area contributed by atoms with Crippen molar-refractivity contribution in [2.75, 3.05) is 24.6 Å². The zero-order valence-electron chi connectivity index (χ0n) is 14.2. The molecule has 126 valence electrons. The molecule has 2 saturated carbocycles. The lowest BCUT2D eigenvalue weighted by atomic mass is 9.66. The number of carbonyl (C=O) groups excluding carboxylic acids is 1. The fourth-order valence-corrected chi connectivity index (χ4v) is 8.88. The van der Waals surface area contributed by atoms with Crippen molar-refractivity contribution in [1.29, 1.82) is 0 Å². The summed E-state index contributed by atoms with van der Waals surface area (Å²) < 4.78 is 0.495. The molecule has 2 unspecified atom stereocenters. The van der Waals surface area contributed by atoms with Gasteiger partial charge in [0.2, 0.25) is 5.91 Å². The van der Waals surface area contributed by atoms with E-state index in [0.29, 0.717) is 15.9 Å². The van der Waals surface area contributed by atoms with Crippen LogP contribution >= 0.6 is 23.5 Å². The van der Waals surface area contributed by atoms with E-state index in [0.717, 1.165) is 37.8 Å². The molecule has 1 spiro atoms. The normalized spacial score (nSPS) is 33.1. The lowest BCUT2D eigenvalue weighted by Gasteiger charge is -2.52. The van der Waals surface area contributed by atoms with Crippen molar-refractivity contribution in [3.63, 3.8) is 0 Å². The Labute approximate surface area is 144 Å². The van der Waals surface area contributed by atoms with Gasteiger partial charge in [-0.25, -0.2) is 0 Å². The molecule has 1 amide bonds. The van der Waals surface area contributed by atoms with Gasteiger partial charge in [0.25, 0.3) is 0 Å². The second-order valence-corrected chi connectivity index (χ2v) is 10.2. The summed E-state index contributed by atoms with van der Waals surface area (Å²) in [5.41, 5.74) is 0. The van der Waals surface area contributed by atoms with Crippen LogP contribution in [0.1, 0.15) is 58.8 Å². The van der Waals surface area contributed by atoms with Crippen molar-refractivity contribution in [1.82, 2.24) is 4.90 Å². The van der Waals surface area contributed by atoms with Crippen LogP contribution in [0.2, 0.25) is 0 Å².